The third-order valence-corrected chi connectivity index (χ3v) is 5.74. The van der Waals surface area contributed by atoms with Crippen LogP contribution in [-0.4, -0.2) is 42.1 Å². The van der Waals surface area contributed by atoms with Crippen molar-refractivity contribution >= 4 is 17.8 Å². The van der Waals surface area contributed by atoms with Crippen molar-refractivity contribution in [1.82, 2.24) is 10.3 Å². The number of rotatable bonds is 8. The normalized spacial score (nSPS) is 17.9. The predicted octanol–water partition coefficient (Wildman–Crippen LogP) is 3.58. The van der Waals surface area contributed by atoms with Gasteiger partial charge in [0.25, 0.3) is 5.91 Å². The lowest BCUT2D eigenvalue weighted by atomic mass is 9.82. The molecule has 8 nitrogen and oxygen atoms in total. The number of esters is 2. The Hall–Kier alpha value is -3.42. The molecule has 0 saturated carbocycles. The average molecular weight is 455 g/mol. The number of pyridine rings is 1. The molecule has 33 heavy (non-hydrogen) atoms. The SMILES string of the molecule is CCCC(=O)Oc1c(OC)ccnc1C(=O)N[C@@H](C)C(=O)OC1CCc2ccccc2C1C. The van der Waals surface area contributed by atoms with Gasteiger partial charge in [-0.2, -0.15) is 0 Å². The second-order valence-corrected chi connectivity index (χ2v) is 8.11. The molecule has 0 aliphatic heterocycles. The Balaban J connectivity index is 1.68. The molecule has 0 spiro atoms. The molecule has 0 saturated heterocycles. The lowest BCUT2D eigenvalue weighted by Crippen LogP contribution is -2.42. The molecule has 0 fully saturated rings. The molecule has 3 rings (SSSR count). The van der Waals surface area contributed by atoms with Crippen molar-refractivity contribution in [2.24, 2.45) is 0 Å². The zero-order chi connectivity index (χ0) is 24.0. The standard InChI is InChI=1S/C25H30N2O6/c1-5-8-21(28)33-23-20(31-4)13-14-26-22(23)24(29)27-16(3)25(30)32-19-12-11-17-9-6-7-10-18(17)15(19)2/h6-7,9-10,13-16,19H,5,8,11-12H2,1-4H3,(H,27,29)/t15?,16-,19?/m0/s1. The van der Waals surface area contributed by atoms with Crippen LogP contribution >= 0.6 is 0 Å². The zero-order valence-corrected chi connectivity index (χ0v) is 19.4. The first-order valence-electron chi connectivity index (χ1n) is 11.2. The Morgan fingerprint density at radius 2 is 1.97 bits per heavy atom. The number of carbonyl (C=O) groups is 3. The van der Waals surface area contributed by atoms with Crippen LogP contribution in [0.15, 0.2) is 36.5 Å². The van der Waals surface area contributed by atoms with E-state index in [1.54, 1.807) is 6.92 Å². The molecule has 1 aromatic carbocycles. The third-order valence-electron chi connectivity index (χ3n) is 5.74. The van der Waals surface area contributed by atoms with Gasteiger partial charge >= 0.3 is 11.9 Å². The molecule has 0 radical (unpaired) electrons. The number of aryl methyl sites for hydroxylation is 1. The highest BCUT2D eigenvalue weighted by atomic mass is 16.6. The van der Waals surface area contributed by atoms with Crippen LogP contribution in [0, 0.1) is 0 Å². The van der Waals surface area contributed by atoms with Gasteiger partial charge in [-0.25, -0.2) is 9.78 Å². The fraction of sp³-hybridized carbons (Fsp3) is 0.440. The fourth-order valence-corrected chi connectivity index (χ4v) is 3.91. The van der Waals surface area contributed by atoms with E-state index in [0.29, 0.717) is 6.42 Å². The fourth-order valence-electron chi connectivity index (χ4n) is 3.91. The number of nitrogens with zero attached hydrogens (tertiary/aromatic N) is 1. The highest BCUT2D eigenvalue weighted by molar-refractivity contribution is 5.98. The van der Waals surface area contributed by atoms with Crippen molar-refractivity contribution in [3.05, 3.63) is 53.3 Å². The van der Waals surface area contributed by atoms with E-state index < -0.39 is 23.9 Å². The van der Waals surface area contributed by atoms with Gasteiger partial charge in [0, 0.05) is 24.6 Å². The molecule has 1 aliphatic carbocycles. The van der Waals surface area contributed by atoms with Crippen molar-refractivity contribution in [1.29, 1.82) is 0 Å². The first-order chi connectivity index (χ1) is 15.8. The Kier molecular flexibility index (Phi) is 8.03. The molecular weight excluding hydrogens is 424 g/mol. The number of amides is 1. The minimum absolute atomic E-state index is 0.0615. The molecule has 1 aromatic heterocycles. The summed E-state index contributed by atoms with van der Waals surface area (Å²) in [6.07, 6.45) is 3.43. The van der Waals surface area contributed by atoms with Gasteiger partial charge in [0.1, 0.15) is 12.1 Å². The van der Waals surface area contributed by atoms with E-state index in [4.69, 9.17) is 14.2 Å². The maximum atomic E-state index is 12.9. The highest BCUT2D eigenvalue weighted by Crippen LogP contribution is 2.33. The number of fused-ring (bicyclic) bond motifs is 1. The van der Waals surface area contributed by atoms with Crippen LogP contribution in [0.3, 0.4) is 0 Å². The Bertz CT molecular complexity index is 1020. The van der Waals surface area contributed by atoms with Crippen LogP contribution in [0.4, 0.5) is 0 Å². The smallest absolute Gasteiger partial charge is 0.328 e. The van der Waals surface area contributed by atoms with Crippen molar-refractivity contribution in [3.8, 4) is 11.5 Å². The van der Waals surface area contributed by atoms with E-state index in [2.05, 4.69) is 22.4 Å². The summed E-state index contributed by atoms with van der Waals surface area (Å²) in [4.78, 5) is 41.7. The summed E-state index contributed by atoms with van der Waals surface area (Å²) in [7, 11) is 1.40. The predicted molar refractivity (Wildman–Crippen MR) is 121 cm³/mol. The summed E-state index contributed by atoms with van der Waals surface area (Å²) in [6.45, 7) is 5.43. The summed E-state index contributed by atoms with van der Waals surface area (Å²) in [5, 5.41) is 2.59. The van der Waals surface area contributed by atoms with Crippen molar-refractivity contribution in [3.63, 3.8) is 0 Å². The second kappa shape index (κ2) is 10.9. The molecule has 3 atom stereocenters. The number of benzene rings is 1. The molecule has 1 heterocycles. The molecule has 1 N–H and O–H groups in total. The summed E-state index contributed by atoms with van der Waals surface area (Å²) in [6, 6.07) is 8.71. The number of methoxy groups -OCH3 is 1. The quantitative estimate of drug-likeness (QED) is 0.608. The first-order valence-corrected chi connectivity index (χ1v) is 11.2. The molecular formula is C25H30N2O6. The molecule has 2 aromatic rings. The van der Waals surface area contributed by atoms with E-state index in [-0.39, 0.29) is 35.6 Å². The first kappa shape index (κ1) is 24.2. The molecule has 0 bridgehead atoms. The molecule has 8 heteroatoms. The van der Waals surface area contributed by atoms with Crippen LogP contribution in [0.1, 0.15) is 67.6 Å². The topological polar surface area (TPSA) is 104 Å². The highest BCUT2D eigenvalue weighted by Gasteiger charge is 2.31. The van der Waals surface area contributed by atoms with Crippen molar-refractivity contribution in [2.75, 3.05) is 7.11 Å². The largest absolute Gasteiger partial charge is 0.493 e. The lowest BCUT2D eigenvalue weighted by molar-refractivity contribution is -0.152. The number of ether oxygens (including phenoxy) is 3. The maximum Gasteiger partial charge on any atom is 0.328 e. The summed E-state index contributed by atoms with van der Waals surface area (Å²) in [5.74, 6) is -1.52. The average Bonchev–Trinajstić information content (AvgIpc) is 2.81. The number of hydrogen-bond donors (Lipinski definition) is 1. The van der Waals surface area contributed by atoms with Gasteiger partial charge in [-0.1, -0.05) is 38.1 Å². The zero-order valence-electron chi connectivity index (χ0n) is 19.4. The Morgan fingerprint density at radius 1 is 1.21 bits per heavy atom. The van der Waals surface area contributed by atoms with Gasteiger partial charge in [-0.05, 0) is 37.3 Å². The van der Waals surface area contributed by atoms with Gasteiger partial charge < -0.3 is 19.5 Å². The third kappa shape index (κ3) is 5.69. The van der Waals surface area contributed by atoms with E-state index in [0.717, 1.165) is 12.8 Å². The van der Waals surface area contributed by atoms with Gasteiger partial charge in [-0.15, -0.1) is 0 Å². The van der Waals surface area contributed by atoms with Crippen LogP contribution in [0.5, 0.6) is 11.5 Å². The van der Waals surface area contributed by atoms with Crippen LogP contribution in [0.25, 0.3) is 0 Å². The van der Waals surface area contributed by atoms with Gasteiger partial charge in [-0.3, -0.25) is 9.59 Å². The molecule has 1 amide bonds. The number of carbonyl (C=O) groups excluding carboxylic acids is 3. The van der Waals surface area contributed by atoms with Gasteiger partial charge in [0.2, 0.25) is 5.75 Å². The minimum Gasteiger partial charge on any atom is -0.493 e. The van der Waals surface area contributed by atoms with Crippen LogP contribution in [0.2, 0.25) is 0 Å². The summed E-state index contributed by atoms with van der Waals surface area (Å²) >= 11 is 0. The van der Waals surface area contributed by atoms with Gasteiger partial charge in [0.05, 0.1) is 7.11 Å². The second-order valence-electron chi connectivity index (χ2n) is 8.11. The van der Waals surface area contributed by atoms with Crippen LogP contribution in [-0.2, 0) is 20.7 Å². The Labute approximate surface area is 193 Å². The molecule has 1 aliphatic rings. The number of aromatic nitrogens is 1. The Morgan fingerprint density at radius 3 is 2.70 bits per heavy atom. The van der Waals surface area contributed by atoms with E-state index in [1.807, 2.05) is 26.0 Å². The number of nitrogens with one attached hydrogen (secondary N) is 1. The maximum absolute atomic E-state index is 12.9. The van der Waals surface area contributed by atoms with Gasteiger partial charge in [0.15, 0.2) is 11.4 Å². The van der Waals surface area contributed by atoms with Crippen LogP contribution < -0.4 is 14.8 Å². The van der Waals surface area contributed by atoms with E-state index >= 15 is 0 Å². The summed E-state index contributed by atoms with van der Waals surface area (Å²) < 4.78 is 16.3. The molecule has 176 valence electrons. The molecule has 2 unspecified atom stereocenters. The summed E-state index contributed by atoms with van der Waals surface area (Å²) in [5.41, 5.74) is 2.31. The van der Waals surface area contributed by atoms with E-state index in [1.165, 1.54) is 30.5 Å². The van der Waals surface area contributed by atoms with E-state index in [9.17, 15) is 14.4 Å². The number of hydrogen-bond acceptors (Lipinski definition) is 7. The van der Waals surface area contributed by atoms with Crippen molar-refractivity contribution < 1.29 is 28.6 Å². The van der Waals surface area contributed by atoms with Crippen molar-refractivity contribution in [2.45, 2.75) is 64.5 Å². The monoisotopic (exact) mass is 454 g/mol. The minimum atomic E-state index is -0.922. The lowest BCUT2D eigenvalue weighted by Gasteiger charge is -2.31.